The molecule has 0 radical (unpaired) electrons. The number of halogens is 2. The minimum atomic E-state index is -1.03. The molecular weight excluding hydrogens is 535 g/mol. The molecule has 2 aliphatic rings. The van der Waals surface area contributed by atoms with Crippen LogP contribution in [0.4, 0.5) is 5.95 Å². The van der Waals surface area contributed by atoms with Crippen molar-refractivity contribution in [1.29, 1.82) is 0 Å². The monoisotopic (exact) mass is 556 g/mol. The van der Waals surface area contributed by atoms with Crippen molar-refractivity contribution in [1.82, 2.24) is 14.6 Å². The van der Waals surface area contributed by atoms with E-state index in [1.807, 2.05) is 19.1 Å². The quantitative estimate of drug-likeness (QED) is 0.351. The van der Waals surface area contributed by atoms with E-state index in [-0.39, 0.29) is 18.1 Å². The van der Waals surface area contributed by atoms with Gasteiger partial charge >= 0.3 is 5.97 Å². The van der Waals surface area contributed by atoms with Gasteiger partial charge in [-0.15, -0.1) is 5.10 Å². The molecule has 0 bridgehead atoms. The Bertz CT molecular complexity index is 1570. The lowest BCUT2D eigenvalue weighted by atomic mass is 9.91. The van der Waals surface area contributed by atoms with Crippen LogP contribution in [0.15, 0.2) is 65.5 Å². The highest BCUT2D eigenvalue weighted by atomic mass is 35.5. The summed E-state index contributed by atoms with van der Waals surface area (Å²) in [5.74, 6) is -0.576. The summed E-state index contributed by atoms with van der Waals surface area (Å²) in [6, 6.07) is 16.9. The molecule has 2 aromatic heterocycles. The Kier molecular flexibility index (Phi) is 6.16. The third kappa shape index (κ3) is 4.24. The molecular formula is C26H22Cl2N4O6. The number of hydrogen-bond acceptors (Lipinski definition) is 8. The number of nitrogen functional groups attached to an aromatic ring is 1. The minimum absolute atomic E-state index is 0.0456. The van der Waals surface area contributed by atoms with E-state index >= 15 is 0 Å². The molecule has 12 heteroatoms. The first-order valence-corrected chi connectivity index (χ1v) is 12.5. The number of fused-ring (bicyclic) bond motifs is 2. The van der Waals surface area contributed by atoms with Crippen LogP contribution in [0, 0.1) is 0 Å². The predicted octanol–water partition coefficient (Wildman–Crippen LogP) is 4.08. The molecule has 4 aromatic rings. The van der Waals surface area contributed by atoms with Gasteiger partial charge in [-0.25, -0.2) is 9.31 Å². The van der Waals surface area contributed by atoms with Crippen LogP contribution in [0.1, 0.15) is 40.9 Å². The van der Waals surface area contributed by atoms with E-state index in [0.29, 0.717) is 26.8 Å². The average Bonchev–Trinajstić information content (AvgIpc) is 3.53. The van der Waals surface area contributed by atoms with Gasteiger partial charge in [-0.3, -0.25) is 9.78 Å². The summed E-state index contributed by atoms with van der Waals surface area (Å²) in [4.78, 5) is 27.6. The number of aromatic amines is 1. The van der Waals surface area contributed by atoms with Gasteiger partial charge in [-0.1, -0.05) is 35.3 Å². The van der Waals surface area contributed by atoms with Gasteiger partial charge in [0.05, 0.1) is 11.3 Å². The van der Waals surface area contributed by atoms with Crippen LogP contribution in [-0.4, -0.2) is 45.0 Å². The first-order chi connectivity index (χ1) is 18.2. The molecule has 2 aromatic carbocycles. The fourth-order valence-electron chi connectivity index (χ4n) is 4.97. The smallest absolute Gasteiger partial charge is 0.338 e. The lowest BCUT2D eigenvalue weighted by molar-refractivity contribution is -0.158. The number of ether oxygens (including phenoxy) is 4. The van der Waals surface area contributed by atoms with Crippen LogP contribution >= 0.6 is 23.2 Å². The first kappa shape index (κ1) is 24.9. The van der Waals surface area contributed by atoms with Gasteiger partial charge in [0.25, 0.3) is 5.56 Å². The molecule has 10 nitrogen and oxygen atoms in total. The second-order valence-electron chi connectivity index (χ2n) is 9.30. The first-order valence-electron chi connectivity index (χ1n) is 11.8. The van der Waals surface area contributed by atoms with Crippen LogP contribution in [-0.2, 0) is 18.9 Å². The van der Waals surface area contributed by atoms with Crippen molar-refractivity contribution < 1.29 is 23.7 Å². The zero-order chi connectivity index (χ0) is 26.6. The van der Waals surface area contributed by atoms with Crippen molar-refractivity contribution in [2.45, 2.75) is 37.1 Å². The molecule has 5 atom stereocenters. The maximum absolute atomic E-state index is 12.7. The number of hydrogen-bond donors (Lipinski definition) is 2. The molecule has 0 aliphatic carbocycles. The third-order valence-corrected chi connectivity index (χ3v) is 7.31. The van der Waals surface area contributed by atoms with Crippen molar-refractivity contribution in [2.24, 2.45) is 0 Å². The number of esters is 1. The van der Waals surface area contributed by atoms with Crippen molar-refractivity contribution >= 4 is 40.6 Å². The summed E-state index contributed by atoms with van der Waals surface area (Å²) < 4.78 is 26.2. The standard InChI is InChI=1S/C26H22Cl2N4O6/c1-26-20(17-10-11-18-22(33)30-25(29)31-32(17)18)36-19(12-35-23(34)13-2-6-15(27)7-3-13)21(26)37-24(38-26)14-4-8-16(28)9-5-14/h2-11,19-21,24H,12H2,1H3,(H3,29,30,31,33)/t19-,20+,21-,24?,26+/m1/s1. The van der Waals surface area contributed by atoms with Crippen LogP contribution in [0.3, 0.4) is 0 Å². The number of nitrogens with two attached hydrogens (primary N) is 1. The van der Waals surface area contributed by atoms with Gasteiger partial charge < -0.3 is 24.7 Å². The van der Waals surface area contributed by atoms with E-state index in [1.165, 1.54) is 4.52 Å². The van der Waals surface area contributed by atoms with E-state index in [0.717, 1.165) is 5.56 Å². The second-order valence-corrected chi connectivity index (χ2v) is 10.2. The lowest BCUT2D eigenvalue weighted by Crippen LogP contribution is -2.41. The SMILES string of the molecule is C[C@@]12OC(c3ccc(Cl)cc3)O[C@@H]1[C@@H](COC(=O)c1ccc(Cl)cc1)O[C@H]2c1ccc2c(=O)[nH]c(N)nn12. The number of benzene rings is 2. The third-order valence-electron chi connectivity index (χ3n) is 6.80. The van der Waals surface area contributed by atoms with E-state index in [9.17, 15) is 9.59 Å². The molecule has 6 rings (SSSR count). The van der Waals surface area contributed by atoms with E-state index in [1.54, 1.807) is 48.5 Å². The zero-order valence-electron chi connectivity index (χ0n) is 20.0. The van der Waals surface area contributed by atoms with Crippen molar-refractivity contribution in [3.63, 3.8) is 0 Å². The van der Waals surface area contributed by atoms with Crippen molar-refractivity contribution in [3.8, 4) is 0 Å². The molecule has 4 heterocycles. The van der Waals surface area contributed by atoms with E-state index < -0.39 is 36.2 Å². The zero-order valence-corrected chi connectivity index (χ0v) is 21.5. The highest BCUT2D eigenvalue weighted by molar-refractivity contribution is 6.30. The lowest BCUT2D eigenvalue weighted by Gasteiger charge is -2.27. The van der Waals surface area contributed by atoms with Crippen molar-refractivity contribution in [2.75, 3.05) is 12.3 Å². The maximum Gasteiger partial charge on any atom is 0.338 e. The van der Waals surface area contributed by atoms with Crippen LogP contribution < -0.4 is 11.3 Å². The number of H-pyrrole nitrogens is 1. The Morgan fingerprint density at radius 1 is 1.08 bits per heavy atom. The molecule has 0 amide bonds. The molecule has 1 unspecified atom stereocenters. The largest absolute Gasteiger partial charge is 0.459 e. The Balaban J connectivity index is 1.33. The Hall–Kier alpha value is -3.41. The normalized spacial score (nSPS) is 26.5. The van der Waals surface area contributed by atoms with E-state index in [4.69, 9.17) is 47.9 Å². The van der Waals surface area contributed by atoms with Gasteiger partial charge in [0.2, 0.25) is 5.95 Å². The fourth-order valence-corrected chi connectivity index (χ4v) is 5.22. The van der Waals surface area contributed by atoms with Gasteiger partial charge in [-0.2, -0.15) is 0 Å². The molecule has 2 aliphatic heterocycles. The molecule has 0 saturated carbocycles. The number of nitrogens with one attached hydrogen (secondary N) is 1. The molecule has 38 heavy (non-hydrogen) atoms. The summed E-state index contributed by atoms with van der Waals surface area (Å²) in [5, 5.41) is 5.36. The number of carbonyl (C=O) groups excluding carboxylic acids is 1. The fraction of sp³-hybridized carbons (Fsp3) is 0.269. The van der Waals surface area contributed by atoms with Crippen LogP contribution in [0.25, 0.3) is 5.52 Å². The van der Waals surface area contributed by atoms with Gasteiger partial charge in [0.15, 0.2) is 6.29 Å². The number of anilines is 1. The topological polar surface area (TPSA) is 130 Å². The van der Waals surface area contributed by atoms with Gasteiger partial charge in [0, 0.05) is 15.6 Å². The highest BCUT2D eigenvalue weighted by Gasteiger charge is 2.62. The Morgan fingerprint density at radius 3 is 2.47 bits per heavy atom. The molecule has 2 saturated heterocycles. The van der Waals surface area contributed by atoms with Gasteiger partial charge in [-0.05, 0) is 55.5 Å². The summed E-state index contributed by atoms with van der Waals surface area (Å²) >= 11 is 12.0. The highest BCUT2D eigenvalue weighted by Crippen LogP contribution is 2.53. The maximum atomic E-state index is 12.7. The van der Waals surface area contributed by atoms with Crippen molar-refractivity contribution in [3.05, 3.63) is 97.9 Å². The summed E-state index contributed by atoms with van der Waals surface area (Å²) in [6.45, 7) is 1.75. The number of aromatic nitrogens is 3. The van der Waals surface area contributed by atoms with Crippen LogP contribution in [0.5, 0.6) is 0 Å². The van der Waals surface area contributed by atoms with Gasteiger partial charge in [0.1, 0.15) is 36.0 Å². The molecule has 2 fully saturated rings. The van der Waals surface area contributed by atoms with E-state index in [2.05, 4.69) is 10.1 Å². The number of carbonyl (C=O) groups is 1. The number of rotatable bonds is 5. The summed E-state index contributed by atoms with van der Waals surface area (Å²) in [7, 11) is 0. The molecule has 196 valence electrons. The van der Waals surface area contributed by atoms with Crippen LogP contribution in [0.2, 0.25) is 10.0 Å². The predicted molar refractivity (Wildman–Crippen MR) is 138 cm³/mol. The minimum Gasteiger partial charge on any atom is -0.459 e. The summed E-state index contributed by atoms with van der Waals surface area (Å²) in [5.41, 5.74) is 6.34. The molecule has 3 N–H and O–H groups in total. The Labute approximate surface area is 226 Å². The average molecular weight is 557 g/mol. The summed E-state index contributed by atoms with van der Waals surface area (Å²) in [6.07, 6.45) is -2.78. The number of nitrogens with zero attached hydrogens (tertiary/aromatic N) is 2. The second kappa shape index (κ2) is 9.40. The molecule has 0 spiro atoms. The Morgan fingerprint density at radius 2 is 1.76 bits per heavy atom.